The van der Waals surface area contributed by atoms with Gasteiger partial charge in [0.15, 0.2) is 0 Å². The lowest BCUT2D eigenvalue weighted by atomic mass is 9.92. The SMILES string of the molecule is O=c1oc(-c2cccs2)nn1CN1CCN(S(=O)(=O)c2ccc3c(c2)CCCC3)CC1. The fraction of sp³-hybridized carbons (Fsp3) is 0.429. The van der Waals surface area contributed by atoms with Crippen LogP contribution in [0, 0.1) is 0 Å². The molecule has 3 heterocycles. The Labute approximate surface area is 184 Å². The van der Waals surface area contributed by atoms with Crippen molar-refractivity contribution in [2.45, 2.75) is 37.2 Å². The minimum Gasteiger partial charge on any atom is -0.387 e. The number of hydrogen-bond donors (Lipinski definition) is 0. The lowest BCUT2D eigenvalue weighted by Gasteiger charge is -2.33. The van der Waals surface area contributed by atoms with Crippen molar-refractivity contribution >= 4 is 21.4 Å². The van der Waals surface area contributed by atoms with Gasteiger partial charge in [0.2, 0.25) is 10.0 Å². The molecule has 2 aromatic heterocycles. The smallest absolute Gasteiger partial charge is 0.387 e. The predicted molar refractivity (Wildman–Crippen MR) is 117 cm³/mol. The Morgan fingerprint density at radius 2 is 1.81 bits per heavy atom. The van der Waals surface area contributed by atoms with Crippen molar-refractivity contribution in [3.63, 3.8) is 0 Å². The Morgan fingerprint density at radius 1 is 1.03 bits per heavy atom. The second kappa shape index (κ2) is 8.34. The first-order valence-electron chi connectivity index (χ1n) is 10.5. The maximum Gasteiger partial charge on any atom is 0.438 e. The highest BCUT2D eigenvalue weighted by atomic mass is 32.2. The third kappa shape index (κ3) is 4.12. The topological polar surface area (TPSA) is 88.7 Å². The van der Waals surface area contributed by atoms with Crippen molar-refractivity contribution in [3.8, 4) is 10.8 Å². The normalized spacial score (nSPS) is 18.2. The van der Waals surface area contributed by atoms with E-state index in [1.165, 1.54) is 32.3 Å². The van der Waals surface area contributed by atoms with E-state index in [0.29, 0.717) is 37.0 Å². The number of nitrogens with zero attached hydrogens (tertiary/aromatic N) is 4. The zero-order valence-corrected chi connectivity index (χ0v) is 18.7. The van der Waals surface area contributed by atoms with Crippen LogP contribution in [-0.4, -0.2) is 53.6 Å². The van der Waals surface area contributed by atoms with E-state index in [9.17, 15) is 13.2 Å². The number of piperazine rings is 1. The predicted octanol–water partition coefficient (Wildman–Crippen LogP) is 2.41. The standard InChI is InChI=1S/C21H24N4O4S2/c26-21-25(22-20(29-21)19-6-3-13-30-19)15-23-9-11-24(12-10-23)31(27,28)18-8-7-16-4-1-2-5-17(16)14-18/h3,6-8,13-14H,1-2,4-5,9-12,15H2. The van der Waals surface area contributed by atoms with Gasteiger partial charge in [-0.1, -0.05) is 12.1 Å². The third-order valence-electron chi connectivity index (χ3n) is 5.96. The molecule has 1 aliphatic carbocycles. The van der Waals surface area contributed by atoms with Gasteiger partial charge in [-0.25, -0.2) is 13.2 Å². The molecule has 0 unspecified atom stereocenters. The van der Waals surface area contributed by atoms with E-state index >= 15 is 0 Å². The molecule has 1 saturated heterocycles. The zero-order valence-electron chi connectivity index (χ0n) is 17.1. The van der Waals surface area contributed by atoms with E-state index in [0.717, 1.165) is 29.7 Å². The number of aromatic nitrogens is 2. The van der Waals surface area contributed by atoms with Crippen molar-refractivity contribution in [2.24, 2.45) is 0 Å². The second-order valence-electron chi connectivity index (χ2n) is 7.95. The van der Waals surface area contributed by atoms with Crippen LogP contribution in [0.15, 0.2) is 49.8 Å². The molecule has 8 nitrogen and oxygen atoms in total. The fourth-order valence-corrected chi connectivity index (χ4v) is 6.33. The van der Waals surface area contributed by atoms with Crippen LogP contribution in [-0.2, 0) is 29.5 Å². The lowest BCUT2D eigenvalue weighted by molar-refractivity contribution is 0.142. The number of benzene rings is 1. The summed E-state index contributed by atoms with van der Waals surface area (Å²) in [6.07, 6.45) is 4.27. The van der Waals surface area contributed by atoms with E-state index in [1.54, 1.807) is 6.07 Å². The highest BCUT2D eigenvalue weighted by Crippen LogP contribution is 2.26. The molecule has 0 saturated carbocycles. The van der Waals surface area contributed by atoms with Crippen LogP contribution in [0.4, 0.5) is 0 Å². The molecule has 31 heavy (non-hydrogen) atoms. The first-order chi connectivity index (χ1) is 15.0. The summed E-state index contributed by atoms with van der Waals surface area (Å²) in [5.74, 6) is -0.193. The summed E-state index contributed by atoms with van der Waals surface area (Å²) in [6.45, 7) is 2.09. The molecule has 1 aliphatic heterocycles. The van der Waals surface area contributed by atoms with Gasteiger partial charge in [-0.2, -0.15) is 8.99 Å². The molecule has 5 rings (SSSR count). The summed E-state index contributed by atoms with van der Waals surface area (Å²) >= 11 is 1.46. The van der Waals surface area contributed by atoms with Gasteiger partial charge >= 0.3 is 5.76 Å². The fourth-order valence-electron chi connectivity index (χ4n) is 4.22. The Morgan fingerprint density at radius 3 is 2.55 bits per heavy atom. The molecule has 1 fully saturated rings. The van der Waals surface area contributed by atoms with E-state index in [4.69, 9.17) is 4.42 Å². The van der Waals surface area contributed by atoms with Crippen LogP contribution >= 0.6 is 11.3 Å². The molecule has 3 aromatic rings. The Bertz CT molecular complexity index is 1220. The van der Waals surface area contributed by atoms with Gasteiger partial charge in [0, 0.05) is 26.2 Å². The van der Waals surface area contributed by atoms with E-state index in [-0.39, 0.29) is 6.67 Å². The maximum absolute atomic E-state index is 13.2. The van der Waals surface area contributed by atoms with Crippen molar-refractivity contribution in [2.75, 3.05) is 26.2 Å². The Hall–Kier alpha value is -2.27. The quantitative estimate of drug-likeness (QED) is 0.581. The van der Waals surface area contributed by atoms with Crippen LogP contribution in [0.5, 0.6) is 0 Å². The number of sulfonamides is 1. The van der Waals surface area contributed by atoms with Crippen LogP contribution in [0.2, 0.25) is 0 Å². The molecule has 0 radical (unpaired) electrons. The van der Waals surface area contributed by atoms with Crippen LogP contribution in [0.1, 0.15) is 24.0 Å². The van der Waals surface area contributed by atoms with Crippen LogP contribution < -0.4 is 5.76 Å². The van der Waals surface area contributed by atoms with Crippen LogP contribution in [0.25, 0.3) is 10.8 Å². The van der Waals surface area contributed by atoms with Crippen molar-refractivity contribution in [3.05, 3.63) is 57.4 Å². The number of aryl methyl sites for hydroxylation is 2. The zero-order chi connectivity index (χ0) is 21.4. The van der Waals surface area contributed by atoms with Crippen molar-refractivity contribution < 1.29 is 12.8 Å². The highest BCUT2D eigenvalue weighted by molar-refractivity contribution is 7.89. The largest absolute Gasteiger partial charge is 0.438 e. The number of hydrogen-bond acceptors (Lipinski definition) is 7. The van der Waals surface area contributed by atoms with Crippen molar-refractivity contribution in [1.29, 1.82) is 0 Å². The molecule has 1 aromatic carbocycles. The molecule has 0 amide bonds. The summed E-state index contributed by atoms with van der Waals surface area (Å²) < 4.78 is 34.4. The molecule has 0 N–H and O–H groups in total. The van der Waals surface area contributed by atoms with Gasteiger partial charge in [0.05, 0.1) is 9.77 Å². The Balaban J connectivity index is 1.25. The summed E-state index contributed by atoms with van der Waals surface area (Å²) in [5.41, 5.74) is 2.44. The second-order valence-corrected chi connectivity index (χ2v) is 10.8. The summed E-state index contributed by atoms with van der Waals surface area (Å²) in [4.78, 5) is 15.3. The molecule has 0 atom stereocenters. The monoisotopic (exact) mass is 460 g/mol. The Kier molecular flexibility index (Phi) is 5.55. The number of thiophene rings is 1. The summed E-state index contributed by atoms with van der Waals surface area (Å²) in [6, 6.07) is 9.30. The molecule has 0 bridgehead atoms. The molecule has 10 heteroatoms. The molecule has 2 aliphatic rings. The molecular formula is C21H24N4O4S2. The van der Waals surface area contributed by atoms with E-state index in [1.807, 2.05) is 34.5 Å². The van der Waals surface area contributed by atoms with Gasteiger partial charge < -0.3 is 4.42 Å². The van der Waals surface area contributed by atoms with Gasteiger partial charge in [-0.15, -0.1) is 16.4 Å². The minimum absolute atomic E-state index is 0.278. The van der Waals surface area contributed by atoms with Gasteiger partial charge in [0.25, 0.3) is 5.89 Å². The van der Waals surface area contributed by atoms with Crippen molar-refractivity contribution in [1.82, 2.24) is 19.0 Å². The van der Waals surface area contributed by atoms with Crippen LogP contribution in [0.3, 0.4) is 0 Å². The maximum atomic E-state index is 13.2. The van der Waals surface area contributed by atoms with Gasteiger partial charge in [0.1, 0.15) is 6.67 Å². The minimum atomic E-state index is -3.52. The molecular weight excluding hydrogens is 436 g/mol. The first-order valence-corrected chi connectivity index (χ1v) is 12.8. The third-order valence-corrected chi connectivity index (χ3v) is 8.71. The molecule has 0 spiro atoms. The van der Waals surface area contributed by atoms with E-state index < -0.39 is 15.8 Å². The average Bonchev–Trinajstić information content (AvgIpc) is 3.44. The van der Waals surface area contributed by atoms with E-state index in [2.05, 4.69) is 5.10 Å². The highest BCUT2D eigenvalue weighted by Gasteiger charge is 2.29. The average molecular weight is 461 g/mol. The summed E-state index contributed by atoms with van der Waals surface area (Å²) in [5, 5.41) is 6.18. The molecule has 164 valence electrons. The lowest BCUT2D eigenvalue weighted by Crippen LogP contribution is -2.49. The number of fused-ring (bicyclic) bond motifs is 1. The number of rotatable bonds is 5. The van der Waals surface area contributed by atoms with Gasteiger partial charge in [-0.3, -0.25) is 4.90 Å². The van der Waals surface area contributed by atoms with Gasteiger partial charge in [-0.05, 0) is 60.4 Å². The summed E-state index contributed by atoms with van der Waals surface area (Å²) in [7, 11) is -3.52. The first kappa shape index (κ1) is 20.6.